The van der Waals surface area contributed by atoms with Crippen LogP contribution in [0.5, 0.6) is 6.01 Å². The first kappa shape index (κ1) is 23.0. The third-order valence-electron chi connectivity index (χ3n) is 5.04. The highest BCUT2D eigenvalue weighted by Gasteiger charge is 2.37. The van der Waals surface area contributed by atoms with Crippen LogP contribution in [0.25, 0.3) is 0 Å². The van der Waals surface area contributed by atoms with Crippen molar-refractivity contribution in [1.82, 2.24) is 9.97 Å². The molecule has 0 saturated carbocycles. The number of benzene rings is 1. The molecule has 0 fully saturated rings. The summed E-state index contributed by atoms with van der Waals surface area (Å²) in [5, 5.41) is 0. The lowest BCUT2D eigenvalue weighted by Crippen LogP contribution is -2.20. The molecule has 0 saturated heterocycles. The molecule has 0 bridgehead atoms. The normalized spacial score (nSPS) is 12.7. The Balaban J connectivity index is 2.37. The lowest BCUT2D eigenvalue weighted by Gasteiger charge is -2.26. The second-order valence-corrected chi connectivity index (χ2v) is 7.22. The Morgan fingerprint density at radius 3 is 2.48 bits per heavy atom. The van der Waals surface area contributed by atoms with Crippen LogP contribution in [0.2, 0.25) is 0 Å². The molecule has 0 N–H and O–H groups in total. The van der Waals surface area contributed by atoms with Gasteiger partial charge in [-0.15, -0.1) is 0 Å². The van der Waals surface area contributed by atoms with E-state index in [4.69, 9.17) is 4.74 Å². The summed E-state index contributed by atoms with van der Waals surface area (Å²) in [6, 6.07) is 7.44. The number of aromatic nitrogens is 2. The molecule has 1 atom stereocenters. The molecule has 0 amide bonds. The molecular formula is C22H30F3N3O. The molecule has 1 aromatic heterocycles. The number of halogens is 3. The fourth-order valence-electron chi connectivity index (χ4n) is 3.12. The first-order valence-corrected chi connectivity index (χ1v) is 10.2. The summed E-state index contributed by atoms with van der Waals surface area (Å²) >= 11 is 0. The van der Waals surface area contributed by atoms with E-state index in [1.54, 1.807) is 7.05 Å². The lowest BCUT2D eigenvalue weighted by atomic mass is 9.96. The van der Waals surface area contributed by atoms with Crippen molar-refractivity contribution in [1.29, 1.82) is 0 Å². The number of alkyl halides is 3. The molecule has 7 heteroatoms. The minimum Gasteiger partial charge on any atom is -0.463 e. The average Bonchev–Trinajstić information content (AvgIpc) is 2.71. The van der Waals surface area contributed by atoms with Crippen LogP contribution in [0, 0.1) is 0 Å². The van der Waals surface area contributed by atoms with E-state index < -0.39 is 11.7 Å². The Morgan fingerprint density at radius 1 is 1.10 bits per heavy atom. The van der Waals surface area contributed by atoms with E-state index in [0.29, 0.717) is 12.3 Å². The van der Waals surface area contributed by atoms with Gasteiger partial charge in [0.05, 0.1) is 6.61 Å². The van der Waals surface area contributed by atoms with Crippen LogP contribution in [-0.4, -0.2) is 23.6 Å². The Bertz CT molecular complexity index is 780. The zero-order chi connectivity index (χ0) is 21.4. The summed E-state index contributed by atoms with van der Waals surface area (Å²) in [4.78, 5) is 9.41. The first-order valence-electron chi connectivity index (χ1n) is 10.2. The number of ether oxygens (including phenoxy) is 1. The molecule has 0 aliphatic heterocycles. The zero-order valence-corrected chi connectivity index (χ0v) is 17.6. The number of para-hydroxylation sites is 1. The van der Waals surface area contributed by atoms with E-state index in [-0.39, 0.29) is 17.7 Å². The highest BCUT2D eigenvalue weighted by atomic mass is 19.4. The third kappa shape index (κ3) is 6.08. The van der Waals surface area contributed by atoms with Crippen LogP contribution in [0.1, 0.15) is 69.9 Å². The Kier molecular flexibility index (Phi) is 8.29. The quantitative estimate of drug-likeness (QED) is 0.408. The van der Waals surface area contributed by atoms with Gasteiger partial charge in [0, 0.05) is 18.9 Å². The van der Waals surface area contributed by atoms with Crippen molar-refractivity contribution in [3.63, 3.8) is 0 Å². The van der Waals surface area contributed by atoms with Gasteiger partial charge in [-0.05, 0) is 30.4 Å². The van der Waals surface area contributed by atoms with E-state index in [1.807, 2.05) is 24.3 Å². The van der Waals surface area contributed by atoms with Gasteiger partial charge in [0.25, 0.3) is 0 Å². The van der Waals surface area contributed by atoms with Gasteiger partial charge < -0.3 is 9.64 Å². The maximum atomic E-state index is 13.6. The van der Waals surface area contributed by atoms with Crippen molar-refractivity contribution in [3.05, 3.63) is 41.6 Å². The number of nitrogens with zero attached hydrogens (tertiary/aromatic N) is 3. The zero-order valence-electron chi connectivity index (χ0n) is 17.6. The van der Waals surface area contributed by atoms with Crippen LogP contribution in [-0.2, 0) is 6.18 Å². The van der Waals surface area contributed by atoms with E-state index in [2.05, 4.69) is 30.7 Å². The van der Waals surface area contributed by atoms with Crippen LogP contribution in [0.3, 0.4) is 0 Å². The molecule has 0 radical (unpaired) electrons. The summed E-state index contributed by atoms with van der Waals surface area (Å²) in [6.07, 6.45) is 1.15. The number of hydrogen-bond acceptors (Lipinski definition) is 4. The van der Waals surface area contributed by atoms with Crippen molar-refractivity contribution < 1.29 is 17.9 Å². The van der Waals surface area contributed by atoms with Gasteiger partial charge in [0.15, 0.2) is 5.82 Å². The van der Waals surface area contributed by atoms with Crippen LogP contribution in [0.15, 0.2) is 30.5 Å². The monoisotopic (exact) mass is 409 g/mol. The topological polar surface area (TPSA) is 38.2 Å². The molecule has 0 aliphatic carbocycles. The van der Waals surface area contributed by atoms with E-state index in [1.165, 1.54) is 4.90 Å². The van der Waals surface area contributed by atoms with Crippen molar-refractivity contribution in [2.45, 2.75) is 65.0 Å². The second-order valence-electron chi connectivity index (χ2n) is 7.22. The number of rotatable bonds is 10. The average molecular weight is 409 g/mol. The highest BCUT2D eigenvalue weighted by Crippen LogP contribution is 2.39. The molecule has 2 aromatic rings. The summed E-state index contributed by atoms with van der Waals surface area (Å²) < 4.78 is 46.4. The van der Waals surface area contributed by atoms with Gasteiger partial charge in [-0.25, -0.2) is 4.98 Å². The SMILES string of the molecule is CCCCCCOc1ncc(C(F)(F)F)c(N(C)c2ccccc2C(C)CC)n1. The van der Waals surface area contributed by atoms with Crippen LogP contribution >= 0.6 is 0 Å². The fraction of sp³-hybridized carbons (Fsp3) is 0.545. The van der Waals surface area contributed by atoms with Crippen molar-refractivity contribution in [2.75, 3.05) is 18.6 Å². The van der Waals surface area contributed by atoms with Gasteiger partial charge >= 0.3 is 12.2 Å². The maximum absolute atomic E-state index is 13.6. The van der Waals surface area contributed by atoms with Crippen molar-refractivity contribution in [2.24, 2.45) is 0 Å². The molecule has 2 rings (SSSR count). The lowest BCUT2D eigenvalue weighted by molar-refractivity contribution is -0.137. The second kappa shape index (κ2) is 10.5. The van der Waals surface area contributed by atoms with Gasteiger partial charge in [-0.1, -0.05) is 58.2 Å². The van der Waals surface area contributed by atoms with E-state index in [0.717, 1.165) is 43.9 Å². The minimum atomic E-state index is -4.56. The van der Waals surface area contributed by atoms with Gasteiger partial charge in [-0.2, -0.15) is 18.2 Å². The molecule has 1 aromatic carbocycles. The Hall–Kier alpha value is -2.31. The molecule has 0 spiro atoms. The van der Waals surface area contributed by atoms with Gasteiger partial charge in [0.1, 0.15) is 5.56 Å². The molecule has 29 heavy (non-hydrogen) atoms. The Morgan fingerprint density at radius 2 is 1.83 bits per heavy atom. The number of unbranched alkanes of at least 4 members (excludes halogenated alkanes) is 3. The smallest absolute Gasteiger partial charge is 0.421 e. The predicted molar refractivity (Wildman–Crippen MR) is 110 cm³/mol. The number of anilines is 2. The standard InChI is InChI=1S/C22H30F3N3O/c1-5-7-8-11-14-29-21-26-15-18(22(23,24)25)20(27-21)28(4)19-13-10-9-12-17(19)16(3)6-2/h9-10,12-13,15-16H,5-8,11,14H2,1-4H3. The highest BCUT2D eigenvalue weighted by molar-refractivity contribution is 5.66. The predicted octanol–water partition coefficient (Wildman–Crippen LogP) is 6.74. The number of hydrogen-bond donors (Lipinski definition) is 0. The van der Waals surface area contributed by atoms with Crippen LogP contribution in [0.4, 0.5) is 24.7 Å². The molecule has 160 valence electrons. The molecule has 1 heterocycles. The van der Waals surface area contributed by atoms with Crippen molar-refractivity contribution >= 4 is 11.5 Å². The van der Waals surface area contributed by atoms with Gasteiger partial charge in [0.2, 0.25) is 0 Å². The first-order chi connectivity index (χ1) is 13.8. The van der Waals surface area contributed by atoms with E-state index in [9.17, 15) is 13.2 Å². The fourth-order valence-corrected chi connectivity index (χ4v) is 3.12. The Labute approximate surface area is 171 Å². The van der Waals surface area contributed by atoms with Crippen molar-refractivity contribution in [3.8, 4) is 6.01 Å². The largest absolute Gasteiger partial charge is 0.463 e. The third-order valence-corrected chi connectivity index (χ3v) is 5.04. The summed E-state index contributed by atoms with van der Waals surface area (Å²) in [6.45, 7) is 6.61. The molecule has 1 unspecified atom stereocenters. The van der Waals surface area contributed by atoms with Gasteiger partial charge in [-0.3, -0.25) is 0 Å². The summed E-state index contributed by atoms with van der Waals surface area (Å²) in [7, 11) is 1.60. The molecule has 4 nitrogen and oxygen atoms in total. The maximum Gasteiger partial charge on any atom is 0.421 e. The minimum absolute atomic E-state index is 0.0302. The molecular weight excluding hydrogens is 379 g/mol. The molecule has 0 aliphatic rings. The summed E-state index contributed by atoms with van der Waals surface area (Å²) in [5.41, 5.74) is 0.795. The van der Waals surface area contributed by atoms with E-state index >= 15 is 0 Å². The van der Waals surface area contributed by atoms with Crippen LogP contribution < -0.4 is 9.64 Å². The summed E-state index contributed by atoms with van der Waals surface area (Å²) in [5.74, 6) is 0.00548.